The van der Waals surface area contributed by atoms with Gasteiger partial charge in [0.2, 0.25) is 0 Å². The maximum atomic E-state index is 6.20. The van der Waals surface area contributed by atoms with Gasteiger partial charge in [0.15, 0.2) is 5.82 Å². The minimum absolute atomic E-state index is 0.297. The van der Waals surface area contributed by atoms with E-state index in [1.54, 1.807) is 23.9 Å². The summed E-state index contributed by atoms with van der Waals surface area (Å²) in [6.07, 6.45) is 8.56. The number of hydrogen-bond donors (Lipinski definition) is 0. The lowest BCUT2D eigenvalue weighted by Crippen LogP contribution is -2.34. The van der Waals surface area contributed by atoms with Gasteiger partial charge in [-0.25, -0.2) is 15.0 Å². The van der Waals surface area contributed by atoms with Gasteiger partial charge in [0.25, 0.3) is 0 Å². The van der Waals surface area contributed by atoms with E-state index in [9.17, 15) is 0 Å². The monoisotopic (exact) mass is 280 g/mol. The number of aromatic nitrogens is 3. The molecule has 1 unspecified atom stereocenters. The Labute approximate surface area is 115 Å². The largest absolute Gasteiger partial charge is 0.346 e. The van der Waals surface area contributed by atoms with Crippen LogP contribution in [0.15, 0.2) is 24.1 Å². The number of rotatable bonds is 2. The highest BCUT2D eigenvalue weighted by molar-refractivity contribution is 7.09. The summed E-state index contributed by atoms with van der Waals surface area (Å²) in [7, 11) is 0. The van der Waals surface area contributed by atoms with Crippen LogP contribution < -0.4 is 4.90 Å². The Morgan fingerprint density at radius 2 is 2.28 bits per heavy atom. The number of nitrogens with zero attached hydrogens (tertiary/aromatic N) is 4. The summed E-state index contributed by atoms with van der Waals surface area (Å²) < 4.78 is 0. The van der Waals surface area contributed by atoms with Crippen molar-refractivity contribution in [2.45, 2.75) is 25.3 Å². The van der Waals surface area contributed by atoms with Crippen molar-refractivity contribution in [2.75, 3.05) is 11.4 Å². The molecule has 2 aromatic rings. The van der Waals surface area contributed by atoms with Crippen LogP contribution in [0, 0.1) is 0 Å². The summed E-state index contributed by atoms with van der Waals surface area (Å²) in [4.78, 5) is 15.0. The molecule has 3 heterocycles. The molecular weight excluding hydrogens is 268 g/mol. The number of anilines is 1. The number of piperidine rings is 1. The second kappa shape index (κ2) is 5.20. The highest BCUT2D eigenvalue weighted by atomic mass is 35.5. The molecule has 1 aliphatic rings. The first kappa shape index (κ1) is 11.9. The first-order valence-electron chi connectivity index (χ1n) is 5.98. The molecule has 0 amide bonds. The van der Waals surface area contributed by atoms with Gasteiger partial charge in [0.05, 0.1) is 12.2 Å². The molecule has 1 aliphatic heterocycles. The molecule has 2 aromatic heterocycles. The summed E-state index contributed by atoms with van der Waals surface area (Å²) in [5.74, 6) is 0.826. The number of halogens is 1. The molecule has 1 fully saturated rings. The SMILES string of the molecule is Clc1cncnc1N1CCCCC1c1nccs1. The molecule has 3 rings (SSSR count). The van der Waals surface area contributed by atoms with E-state index in [1.807, 2.05) is 11.6 Å². The van der Waals surface area contributed by atoms with E-state index in [2.05, 4.69) is 19.9 Å². The molecule has 0 spiro atoms. The van der Waals surface area contributed by atoms with E-state index in [4.69, 9.17) is 11.6 Å². The van der Waals surface area contributed by atoms with Crippen LogP contribution in [0.1, 0.15) is 30.3 Å². The van der Waals surface area contributed by atoms with Gasteiger partial charge >= 0.3 is 0 Å². The van der Waals surface area contributed by atoms with Gasteiger partial charge < -0.3 is 4.90 Å². The van der Waals surface area contributed by atoms with E-state index in [0.29, 0.717) is 11.1 Å². The van der Waals surface area contributed by atoms with Crippen molar-refractivity contribution < 1.29 is 0 Å². The van der Waals surface area contributed by atoms with Crippen LogP contribution in [0.25, 0.3) is 0 Å². The zero-order chi connectivity index (χ0) is 12.4. The highest BCUT2D eigenvalue weighted by Crippen LogP contribution is 2.37. The van der Waals surface area contributed by atoms with Crippen LogP contribution in [-0.2, 0) is 0 Å². The van der Waals surface area contributed by atoms with Crippen molar-refractivity contribution in [1.29, 1.82) is 0 Å². The maximum absolute atomic E-state index is 6.20. The molecule has 0 radical (unpaired) electrons. The highest BCUT2D eigenvalue weighted by Gasteiger charge is 2.28. The summed E-state index contributed by atoms with van der Waals surface area (Å²) in [6, 6.07) is 0.297. The van der Waals surface area contributed by atoms with Gasteiger partial charge in [-0.1, -0.05) is 11.6 Å². The Morgan fingerprint density at radius 3 is 3.06 bits per heavy atom. The Kier molecular flexibility index (Phi) is 3.43. The van der Waals surface area contributed by atoms with Crippen molar-refractivity contribution in [1.82, 2.24) is 15.0 Å². The Balaban J connectivity index is 1.95. The number of hydrogen-bond acceptors (Lipinski definition) is 5. The predicted molar refractivity (Wildman–Crippen MR) is 73.1 cm³/mol. The van der Waals surface area contributed by atoms with Gasteiger partial charge in [-0.2, -0.15) is 0 Å². The molecule has 4 nitrogen and oxygen atoms in total. The summed E-state index contributed by atoms with van der Waals surface area (Å²) in [5.41, 5.74) is 0. The second-order valence-corrected chi connectivity index (χ2v) is 5.60. The minimum Gasteiger partial charge on any atom is -0.346 e. The van der Waals surface area contributed by atoms with Gasteiger partial charge in [0.1, 0.15) is 16.4 Å². The predicted octanol–water partition coefficient (Wildman–Crippen LogP) is 3.32. The molecular formula is C12H13ClN4S. The molecule has 94 valence electrons. The van der Waals surface area contributed by atoms with E-state index < -0.39 is 0 Å². The van der Waals surface area contributed by atoms with Crippen molar-refractivity contribution in [2.24, 2.45) is 0 Å². The third-order valence-electron chi connectivity index (χ3n) is 3.16. The van der Waals surface area contributed by atoms with Crippen LogP contribution in [0.5, 0.6) is 0 Å². The molecule has 1 atom stereocenters. The van der Waals surface area contributed by atoms with Crippen LogP contribution in [0.4, 0.5) is 5.82 Å². The Bertz CT molecular complexity index is 517. The van der Waals surface area contributed by atoms with E-state index in [-0.39, 0.29) is 0 Å². The first-order chi connectivity index (χ1) is 8.86. The molecule has 0 aliphatic carbocycles. The summed E-state index contributed by atoms with van der Waals surface area (Å²) >= 11 is 7.90. The zero-order valence-electron chi connectivity index (χ0n) is 9.79. The zero-order valence-corrected chi connectivity index (χ0v) is 11.4. The fourth-order valence-corrected chi connectivity index (χ4v) is 3.36. The Hall–Kier alpha value is -1.20. The van der Waals surface area contributed by atoms with Crippen LogP contribution in [0.2, 0.25) is 5.02 Å². The van der Waals surface area contributed by atoms with E-state index in [0.717, 1.165) is 23.8 Å². The van der Waals surface area contributed by atoms with Crippen molar-refractivity contribution in [3.05, 3.63) is 34.1 Å². The standard InChI is InChI=1S/C12H13ClN4S/c13-9-7-14-8-16-11(9)17-5-2-1-3-10(17)12-15-4-6-18-12/h4,6-8,10H,1-3,5H2. The summed E-state index contributed by atoms with van der Waals surface area (Å²) in [6.45, 7) is 0.973. The van der Waals surface area contributed by atoms with Crippen LogP contribution in [-0.4, -0.2) is 21.5 Å². The first-order valence-corrected chi connectivity index (χ1v) is 7.23. The van der Waals surface area contributed by atoms with Crippen molar-refractivity contribution >= 4 is 28.8 Å². The quantitative estimate of drug-likeness (QED) is 0.846. The van der Waals surface area contributed by atoms with Crippen molar-refractivity contribution in [3.8, 4) is 0 Å². The lowest BCUT2D eigenvalue weighted by Gasteiger charge is -2.35. The van der Waals surface area contributed by atoms with Crippen LogP contribution in [0.3, 0.4) is 0 Å². The van der Waals surface area contributed by atoms with Crippen molar-refractivity contribution in [3.63, 3.8) is 0 Å². The smallest absolute Gasteiger partial charge is 0.151 e. The van der Waals surface area contributed by atoms with Gasteiger partial charge in [-0.15, -0.1) is 11.3 Å². The number of thiazole rings is 1. The average Bonchev–Trinajstić information content (AvgIpc) is 2.93. The van der Waals surface area contributed by atoms with Crippen LogP contribution >= 0.6 is 22.9 Å². The molecule has 0 bridgehead atoms. The third-order valence-corrected chi connectivity index (χ3v) is 4.30. The normalized spacial score (nSPS) is 20.1. The molecule has 0 saturated carbocycles. The third kappa shape index (κ3) is 2.20. The molecule has 0 aromatic carbocycles. The molecule has 6 heteroatoms. The van der Waals surface area contributed by atoms with Gasteiger partial charge in [-0.05, 0) is 19.3 Å². The minimum atomic E-state index is 0.297. The Morgan fingerprint density at radius 1 is 1.33 bits per heavy atom. The van der Waals surface area contributed by atoms with E-state index >= 15 is 0 Å². The van der Waals surface area contributed by atoms with Gasteiger partial charge in [-0.3, -0.25) is 0 Å². The molecule has 1 saturated heterocycles. The fraction of sp³-hybridized carbons (Fsp3) is 0.417. The lowest BCUT2D eigenvalue weighted by molar-refractivity contribution is 0.468. The topological polar surface area (TPSA) is 41.9 Å². The van der Waals surface area contributed by atoms with E-state index in [1.165, 1.54) is 12.8 Å². The molecule has 0 N–H and O–H groups in total. The fourth-order valence-electron chi connectivity index (χ4n) is 2.36. The molecule has 18 heavy (non-hydrogen) atoms. The average molecular weight is 281 g/mol. The summed E-state index contributed by atoms with van der Waals surface area (Å²) in [5, 5.41) is 3.77. The second-order valence-electron chi connectivity index (χ2n) is 4.27. The lowest BCUT2D eigenvalue weighted by atomic mass is 10.0. The maximum Gasteiger partial charge on any atom is 0.151 e. The van der Waals surface area contributed by atoms with Gasteiger partial charge in [0, 0.05) is 18.1 Å².